The predicted octanol–water partition coefficient (Wildman–Crippen LogP) is 0.359. The molecular formula is C12H17N3O4S. The van der Waals surface area contributed by atoms with Gasteiger partial charge in [0.05, 0.1) is 5.75 Å². The van der Waals surface area contributed by atoms with Crippen molar-refractivity contribution in [1.29, 1.82) is 0 Å². The molecule has 0 amide bonds. The van der Waals surface area contributed by atoms with Gasteiger partial charge in [-0.05, 0) is 37.3 Å². The molecule has 0 aromatic carbocycles. The molecule has 0 saturated carbocycles. The van der Waals surface area contributed by atoms with Gasteiger partial charge >= 0.3 is 5.97 Å². The van der Waals surface area contributed by atoms with Gasteiger partial charge in [-0.25, -0.2) is 23.3 Å². The summed E-state index contributed by atoms with van der Waals surface area (Å²) in [6, 6.07) is 1.63. The van der Waals surface area contributed by atoms with E-state index in [4.69, 9.17) is 5.14 Å². The summed E-state index contributed by atoms with van der Waals surface area (Å²) in [5, 5.41) is 16.9. The van der Waals surface area contributed by atoms with Crippen molar-refractivity contribution in [2.24, 2.45) is 5.14 Å². The number of carbonyl (C=O) groups is 1. The van der Waals surface area contributed by atoms with Gasteiger partial charge in [0.2, 0.25) is 10.0 Å². The second-order valence-electron chi connectivity index (χ2n) is 4.80. The lowest BCUT2D eigenvalue weighted by atomic mass is 9.95. The number of nitrogens with two attached hydrogens (primary N) is 1. The summed E-state index contributed by atoms with van der Waals surface area (Å²) < 4.78 is 21.7. The molecule has 0 atom stereocenters. The highest BCUT2D eigenvalue weighted by Gasteiger charge is 2.18. The number of nitrogens with one attached hydrogen (secondary N) is 1. The molecular weight excluding hydrogens is 282 g/mol. The number of hydrogen-bond donors (Lipinski definition) is 3. The van der Waals surface area contributed by atoms with Gasteiger partial charge in [-0.2, -0.15) is 0 Å². The molecule has 0 aliphatic heterocycles. The van der Waals surface area contributed by atoms with Crippen molar-refractivity contribution in [3.05, 3.63) is 22.9 Å². The van der Waals surface area contributed by atoms with Crippen LogP contribution in [0, 0.1) is 0 Å². The number of sulfonamides is 1. The second kappa shape index (κ2) is 5.76. The lowest BCUT2D eigenvalue weighted by Gasteiger charge is -2.18. The third-order valence-electron chi connectivity index (χ3n) is 3.21. The standard InChI is InChI=1S/C12H17N3O4S/c13-20(18,19)6-5-14-11-9(12(16)17)7-8-3-1-2-4-10(8)15-11/h7H,1-6H2,(H,14,15)(H,16,17)(H2,13,18,19). The van der Waals surface area contributed by atoms with Crippen LogP contribution in [0.2, 0.25) is 0 Å². The van der Waals surface area contributed by atoms with E-state index in [1.807, 2.05) is 0 Å². The van der Waals surface area contributed by atoms with Gasteiger partial charge in [0.15, 0.2) is 0 Å². The number of carboxylic acid groups (broad SMARTS) is 1. The lowest BCUT2D eigenvalue weighted by molar-refractivity contribution is 0.0697. The molecule has 0 radical (unpaired) electrons. The number of primary sulfonamides is 1. The minimum atomic E-state index is -3.58. The molecule has 0 unspecified atom stereocenters. The molecule has 20 heavy (non-hydrogen) atoms. The first-order valence-electron chi connectivity index (χ1n) is 6.37. The minimum absolute atomic E-state index is 0.0326. The molecule has 4 N–H and O–H groups in total. The Balaban J connectivity index is 2.23. The average Bonchev–Trinajstić information content (AvgIpc) is 2.36. The molecule has 0 fully saturated rings. The SMILES string of the molecule is NS(=O)(=O)CCNc1nc2c(cc1C(=O)O)CCCC2. The quantitative estimate of drug-likeness (QED) is 0.721. The van der Waals surface area contributed by atoms with Crippen molar-refractivity contribution in [3.8, 4) is 0 Å². The van der Waals surface area contributed by atoms with E-state index < -0.39 is 16.0 Å². The van der Waals surface area contributed by atoms with E-state index in [0.29, 0.717) is 0 Å². The Morgan fingerprint density at radius 3 is 2.75 bits per heavy atom. The maximum absolute atomic E-state index is 11.2. The van der Waals surface area contributed by atoms with Crippen LogP contribution in [0.5, 0.6) is 0 Å². The molecule has 1 aliphatic rings. The maximum Gasteiger partial charge on any atom is 0.339 e. The third-order valence-corrected chi connectivity index (χ3v) is 3.98. The number of nitrogens with zero attached hydrogens (tertiary/aromatic N) is 1. The predicted molar refractivity (Wildman–Crippen MR) is 74.3 cm³/mol. The van der Waals surface area contributed by atoms with Crippen LogP contribution in [0.4, 0.5) is 5.82 Å². The third kappa shape index (κ3) is 3.67. The zero-order chi connectivity index (χ0) is 14.8. The molecule has 7 nitrogen and oxygen atoms in total. The van der Waals surface area contributed by atoms with E-state index in [2.05, 4.69) is 10.3 Å². The Morgan fingerprint density at radius 2 is 2.10 bits per heavy atom. The number of carboxylic acids is 1. The fourth-order valence-electron chi connectivity index (χ4n) is 2.24. The van der Waals surface area contributed by atoms with Crippen LogP contribution in [-0.2, 0) is 22.9 Å². The highest BCUT2D eigenvalue weighted by Crippen LogP contribution is 2.24. The van der Waals surface area contributed by atoms with Crippen LogP contribution < -0.4 is 10.5 Å². The van der Waals surface area contributed by atoms with Crippen molar-refractivity contribution in [2.75, 3.05) is 17.6 Å². The van der Waals surface area contributed by atoms with Gasteiger partial charge in [0.1, 0.15) is 11.4 Å². The first-order chi connectivity index (χ1) is 9.37. The van der Waals surface area contributed by atoms with Crippen molar-refractivity contribution < 1.29 is 18.3 Å². The van der Waals surface area contributed by atoms with E-state index in [-0.39, 0.29) is 23.7 Å². The Hall–Kier alpha value is -1.67. The Bertz CT molecular complexity index is 628. The van der Waals surface area contributed by atoms with Crippen molar-refractivity contribution in [1.82, 2.24) is 4.98 Å². The summed E-state index contributed by atoms with van der Waals surface area (Å²) in [5.74, 6) is -1.14. The summed E-state index contributed by atoms with van der Waals surface area (Å²) in [5.41, 5.74) is 1.92. The zero-order valence-electron chi connectivity index (χ0n) is 10.9. The molecule has 2 rings (SSSR count). The molecule has 1 aliphatic carbocycles. The number of aromatic carboxylic acids is 1. The maximum atomic E-state index is 11.2. The van der Waals surface area contributed by atoms with E-state index in [0.717, 1.165) is 36.9 Å². The molecule has 1 aromatic rings. The Labute approximate surface area is 117 Å². The van der Waals surface area contributed by atoms with Crippen LogP contribution in [0.1, 0.15) is 34.5 Å². The first kappa shape index (κ1) is 14.7. The van der Waals surface area contributed by atoms with Crippen molar-refractivity contribution in [3.63, 3.8) is 0 Å². The summed E-state index contributed by atoms with van der Waals surface area (Å²) in [4.78, 5) is 15.6. The number of aryl methyl sites for hydroxylation is 2. The molecule has 8 heteroatoms. The molecule has 0 bridgehead atoms. The topological polar surface area (TPSA) is 122 Å². The van der Waals surface area contributed by atoms with E-state index in [1.54, 1.807) is 6.07 Å². The summed E-state index contributed by atoms with van der Waals surface area (Å²) in [6.07, 6.45) is 3.72. The summed E-state index contributed by atoms with van der Waals surface area (Å²) >= 11 is 0. The summed E-state index contributed by atoms with van der Waals surface area (Å²) in [7, 11) is -3.58. The van der Waals surface area contributed by atoms with Crippen LogP contribution in [0.3, 0.4) is 0 Å². The van der Waals surface area contributed by atoms with Crippen molar-refractivity contribution >= 4 is 21.8 Å². The van der Waals surface area contributed by atoms with Gasteiger partial charge in [0.25, 0.3) is 0 Å². The Kier molecular flexibility index (Phi) is 4.24. The van der Waals surface area contributed by atoms with Crippen LogP contribution >= 0.6 is 0 Å². The average molecular weight is 299 g/mol. The normalized spacial score (nSPS) is 14.7. The van der Waals surface area contributed by atoms with E-state index >= 15 is 0 Å². The van der Waals surface area contributed by atoms with E-state index in [1.165, 1.54) is 0 Å². The van der Waals surface area contributed by atoms with Gasteiger partial charge in [-0.3, -0.25) is 0 Å². The number of anilines is 1. The minimum Gasteiger partial charge on any atom is -0.478 e. The highest BCUT2D eigenvalue weighted by atomic mass is 32.2. The van der Waals surface area contributed by atoms with Gasteiger partial charge < -0.3 is 10.4 Å². The van der Waals surface area contributed by atoms with Gasteiger partial charge in [-0.15, -0.1) is 0 Å². The monoisotopic (exact) mass is 299 g/mol. The molecule has 1 aromatic heterocycles. The first-order valence-corrected chi connectivity index (χ1v) is 8.09. The number of fused-ring (bicyclic) bond motifs is 1. The number of aromatic nitrogens is 1. The van der Waals surface area contributed by atoms with Gasteiger partial charge in [-0.1, -0.05) is 0 Å². The lowest BCUT2D eigenvalue weighted by Crippen LogP contribution is -2.23. The second-order valence-corrected chi connectivity index (χ2v) is 6.53. The molecule has 110 valence electrons. The van der Waals surface area contributed by atoms with Crippen molar-refractivity contribution in [2.45, 2.75) is 25.7 Å². The summed E-state index contributed by atoms with van der Waals surface area (Å²) in [6.45, 7) is 0.0326. The van der Waals surface area contributed by atoms with E-state index in [9.17, 15) is 18.3 Å². The molecule has 0 saturated heterocycles. The van der Waals surface area contributed by atoms with Crippen LogP contribution in [0.25, 0.3) is 0 Å². The fourth-order valence-corrected chi connectivity index (χ4v) is 2.63. The largest absolute Gasteiger partial charge is 0.478 e. The number of pyridine rings is 1. The molecule has 1 heterocycles. The van der Waals surface area contributed by atoms with Crippen LogP contribution in [0.15, 0.2) is 6.07 Å². The molecule has 0 spiro atoms. The number of hydrogen-bond acceptors (Lipinski definition) is 5. The number of rotatable bonds is 5. The highest BCUT2D eigenvalue weighted by molar-refractivity contribution is 7.89. The smallest absolute Gasteiger partial charge is 0.339 e. The fraction of sp³-hybridized carbons (Fsp3) is 0.500. The Morgan fingerprint density at radius 1 is 1.40 bits per heavy atom. The van der Waals surface area contributed by atoms with Gasteiger partial charge in [0, 0.05) is 12.2 Å². The van der Waals surface area contributed by atoms with Crippen LogP contribution in [-0.4, -0.2) is 36.8 Å². The zero-order valence-corrected chi connectivity index (χ0v) is 11.7.